The molecule has 2 fully saturated rings. The molecule has 1 saturated carbocycles. The van der Waals surface area contributed by atoms with Crippen LogP contribution in [0.5, 0.6) is 0 Å². The Bertz CT molecular complexity index is 1410. The van der Waals surface area contributed by atoms with Gasteiger partial charge in [-0.3, -0.25) is 20.5 Å². The molecule has 37 heavy (non-hydrogen) atoms. The molecule has 0 bridgehead atoms. The summed E-state index contributed by atoms with van der Waals surface area (Å²) in [5.41, 5.74) is 3.12. The second-order valence-corrected chi connectivity index (χ2v) is 10.9. The maximum Gasteiger partial charge on any atom is 0.200 e. The molecule has 1 aliphatic heterocycles. The normalized spacial score (nSPS) is 19.1. The summed E-state index contributed by atoms with van der Waals surface area (Å²) in [5.74, 6) is 0.896. The summed E-state index contributed by atoms with van der Waals surface area (Å²) in [6.45, 7) is 6.25. The third-order valence-corrected chi connectivity index (χ3v) is 7.95. The first-order chi connectivity index (χ1) is 17.8. The standard InChI is InChI=1S/C30H35FN4O2/c1-18-6-5-11-35(14-18)15-23-13-24-28(36)25(16-37-29(24)19(2)27(23)31)21-7-4-8-22(12-21)26(20-9-10-20)30(33)34(3)17-32/h4,7-8,12-13,16-18,20,26,32-33H,5-6,9-11,14-15H2,1-3H3/t18-,26?/m0/s1. The van der Waals surface area contributed by atoms with E-state index in [9.17, 15) is 4.79 Å². The van der Waals surface area contributed by atoms with Crippen molar-refractivity contribution in [2.24, 2.45) is 11.8 Å². The SMILES string of the molecule is Cc1c(F)c(CN2CCC[C@H](C)C2)cc2c(=O)c(-c3cccc(C(C(=N)N(C)C=N)C4CC4)c3)coc12. The highest BCUT2D eigenvalue weighted by Crippen LogP contribution is 2.44. The maximum atomic E-state index is 15.3. The van der Waals surface area contributed by atoms with E-state index in [1.807, 2.05) is 24.3 Å². The minimum atomic E-state index is -0.301. The largest absolute Gasteiger partial charge is 0.463 e. The van der Waals surface area contributed by atoms with Crippen LogP contribution in [0.2, 0.25) is 0 Å². The van der Waals surface area contributed by atoms with Gasteiger partial charge in [-0.25, -0.2) is 4.39 Å². The van der Waals surface area contributed by atoms with E-state index in [2.05, 4.69) is 11.8 Å². The number of benzene rings is 2. The number of amidine groups is 1. The van der Waals surface area contributed by atoms with Crippen molar-refractivity contribution >= 4 is 23.1 Å². The van der Waals surface area contributed by atoms with Crippen LogP contribution >= 0.6 is 0 Å². The van der Waals surface area contributed by atoms with E-state index in [0.717, 1.165) is 49.8 Å². The summed E-state index contributed by atoms with van der Waals surface area (Å²) in [6.07, 6.45) is 6.98. The molecule has 2 aromatic carbocycles. The van der Waals surface area contributed by atoms with E-state index in [1.54, 1.807) is 20.0 Å². The van der Waals surface area contributed by atoms with Crippen LogP contribution < -0.4 is 5.43 Å². The third-order valence-electron chi connectivity index (χ3n) is 7.95. The number of fused-ring (bicyclic) bond motifs is 1. The van der Waals surface area contributed by atoms with E-state index in [4.69, 9.17) is 15.2 Å². The zero-order valence-electron chi connectivity index (χ0n) is 21.8. The minimum Gasteiger partial charge on any atom is -0.463 e. The van der Waals surface area contributed by atoms with Crippen LogP contribution in [0.3, 0.4) is 0 Å². The van der Waals surface area contributed by atoms with Gasteiger partial charge in [-0.15, -0.1) is 0 Å². The Morgan fingerprint density at radius 2 is 2.08 bits per heavy atom. The lowest BCUT2D eigenvalue weighted by Crippen LogP contribution is -2.34. The van der Waals surface area contributed by atoms with E-state index >= 15 is 4.39 Å². The highest BCUT2D eigenvalue weighted by atomic mass is 19.1. The molecule has 2 aliphatic rings. The van der Waals surface area contributed by atoms with Crippen LogP contribution in [0.4, 0.5) is 4.39 Å². The van der Waals surface area contributed by atoms with Crippen molar-refractivity contribution in [1.29, 1.82) is 10.8 Å². The van der Waals surface area contributed by atoms with Crippen LogP contribution in [0.15, 0.2) is 45.8 Å². The molecule has 2 heterocycles. The lowest BCUT2D eigenvalue weighted by molar-refractivity contribution is 0.175. The first-order valence-electron chi connectivity index (χ1n) is 13.2. The van der Waals surface area contributed by atoms with Gasteiger partial charge in [0.1, 0.15) is 23.5 Å². The summed E-state index contributed by atoms with van der Waals surface area (Å²) < 4.78 is 21.2. The van der Waals surface area contributed by atoms with Gasteiger partial charge in [-0.1, -0.05) is 31.2 Å². The van der Waals surface area contributed by atoms with Gasteiger partial charge in [0.2, 0.25) is 5.43 Å². The molecule has 0 radical (unpaired) electrons. The lowest BCUT2D eigenvalue weighted by atomic mass is 9.90. The average Bonchev–Trinajstić information content (AvgIpc) is 3.72. The Morgan fingerprint density at radius 3 is 2.78 bits per heavy atom. The summed E-state index contributed by atoms with van der Waals surface area (Å²) in [6, 6.07) is 9.40. The number of likely N-dealkylation sites (tertiary alicyclic amines) is 1. The van der Waals surface area contributed by atoms with Crippen LogP contribution in [-0.2, 0) is 6.54 Å². The van der Waals surface area contributed by atoms with Gasteiger partial charge in [-0.2, -0.15) is 0 Å². The van der Waals surface area contributed by atoms with Crippen molar-refractivity contribution in [2.45, 2.75) is 52.0 Å². The van der Waals surface area contributed by atoms with Gasteiger partial charge in [0, 0.05) is 37.2 Å². The number of hydrogen-bond donors (Lipinski definition) is 2. The van der Waals surface area contributed by atoms with Crippen molar-refractivity contribution in [3.8, 4) is 11.1 Å². The zero-order chi connectivity index (χ0) is 26.3. The zero-order valence-corrected chi connectivity index (χ0v) is 21.8. The van der Waals surface area contributed by atoms with Gasteiger partial charge in [0.25, 0.3) is 0 Å². The molecule has 1 aliphatic carbocycles. The second kappa shape index (κ2) is 10.2. The fourth-order valence-electron chi connectivity index (χ4n) is 5.74. The number of nitrogens with zero attached hydrogens (tertiary/aromatic N) is 2. The van der Waals surface area contributed by atoms with Crippen molar-refractivity contribution in [3.63, 3.8) is 0 Å². The molecule has 1 unspecified atom stereocenters. The van der Waals surface area contributed by atoms with Gasteiger partial charge in [-0.05, 0) is 68.2 Å². The summed E-state index contributed by atoms with van der Waals surface area (Å²) in [7, 11) is 1.72. The molecule has 194 valence electrons. The lowest BCUT2D eigenvalue weighted by Gasteiger charge is -2.31. The predicted molar refractivity (Wildman–Crippen MR) is 146 cm³/mol. The molecule has 1 aromatic heterocycles. The highest BCUT2D eigenvalue weighted by molar-refractivity contribution is 5.94. The van der Waals surface area contributed by atoms with E-state index in [0.29, 0.717) is 51.9 Å². The molecule has 5 rings (SSSR count). The fourth-order valence-corrected chi connectivity index (χ4v) is 5.74. The van der Waals surface area contributed by atoms with E-state index in [1.165, 1.54) is 17.6 Å². The number of aryl methyl sites for hydroxylation is 1. The highest BCUT2D eigenvalue weighted by Gasteiger charge is 2.36. The Hall–Kier alpha value is -3.32. The Kier molecular flexibility index (Phi) is 6.99. The van der Waals surface area contributed by atoms with Crippen molar-refractivity contribution in [1.82, 2.24) is 9.80 Å². The maximum absolute atomic E-state index is 15.3. The molecular formula is C30H35FN4O2. The van der Waals surface area contributed by atoms with Gasteiger partial charge in [0.15, 0.2) is 0 Å². The van der Waals surface area contributed by atoms with Crippen LogP contribution in [0.25, 0.3) is 22.1 Å². The molecule has 0 spiro atoms. The molecule has 2 atom stereocenters. The monoisotopic (exact) mass is 502 g/mol. The number of rotatable bonds is 7. The number of likely N-dealkylation sites (N-methyl/N-ethyl adjacent to an activating group) is 1. The number of piperidine rings is 1. The Balaban J connectivity index is 1.54. The van der Waals surface area contributed by atoms with Gasteiger partial charge < -0.3 is 9.32 Å². The number of hydrogen-bond acceptors (Lipinski definition) is 5. The van der Waals surface area contributed by atoms with Crippen molar-refractivity contribution in [3.05, 3.63) is 69.3 Å². The van der Waals surface area contributed by atoms with Crippen LogP contribution in [-0.4, -0.2) is 42.1 Å². The molecule has 0 amide bonds. The molecule has 3 aromatic rings. The first-order valence-corrected chi connectivity index (χ1v) is 13.2. The molecule has 2 N–H and O–H groups in total. The Labute approximate surface area is 217 Å². The third kappa shape index (κ3) is 4.97. The van der Waals surface area contributed by atoms with Gasteiger partial charge >= 0.3 is 0 Å². The van der Waals surface area contributed by atoms with E-state index in [-0.39, 0.29) is 17.2 Å². The van der Waals surface area contributed by atoms with E-state index < -0.39 is 0 Å². The predicted octanol–water partition coefficient (Wildman–Crippen LogP) is 6.15. The molecule has 1 saturated heterocycles. The molecular weight excluding hydrogens is 467 g/mol. The average molecular weight is 503 g/mol. The topological polar surface area (TPSA) is 84.4 Å². The second-order valence-electron chi connectivity index (χ2n) is 10.9. The number of halogens is 1. The first kappa shape index (κ1) is 25.3. The van der Waals surface area contributed by atoms with Crippen LogP contribution in [0.1, 0.15) is 55.2 Å². The quantitative estimate of drug-likeness (QED) is 0.300. The van der Waals surface area contributed by atoms with Crippen molar-refractivity contribution in [2.75, 3.05) is 20.1 Å². The minimum absolute atomic E-state index is 0.131. The van der Waals surface area contributed by atoms with Crippen LogP contribution in [0, 0.1) is 35.4 Å². The Morgan fingerprint density at radius 1 is 1.30 bits per heavy atom. The summed E-state index contributed by atoms with van der Waals surface area (Å²) in [5, 5.41) is 16.6. The molecule has 6 nitrogen and oxygen atoms in total. The fraction of sp³-hybridized carbons (Fsp3) is 0.433. The summed E-state index contributed by atoms with van der Waals surface area (Å²) in [4.78, 5) is 17.5. The smallest absolute Gasteiger partial charge is 0.200 e. The number of nitrogens with one attached hydrogen (secondary N) is 2. The van der Waals surface area contributed by atoms with Gasteiger partial charge in [0.05, 0.1) is 17.3 Å². The summed E-state index contributed by atoms with van der Waals surface area (Å²) >= 11 is 0. The molecule has 7 heteroatoms. The van der Waals surface area contributed by atoms with Crippen molar-refractivity contribution < 1.29 is 8.81 Å².